The molecule has 102 valence electrons. The van der Waals surface area contributed by atoms with Crippen molar-refractivity contribution in [3.8, 4) is 0 Å². The fraction of sp³-hybridized carbons (Fsp3) is 0.818. The Kier molecular flexibility index (Phi) is 3.61. The number of carbonyl (C=O) groups is 2. The van der Waals surface area contributed by atoms with Gasteiger partial charge in [0.2, 0.25) is 5.91 Å². The molecule has 1 aliphatic carbocycles. The lowest BCUT2D eigenvalue weighted by molar-refractivity contribution is -0.140. The summed E-state index contributed by atoms with van der Waals surface area (Å²) in [6, 6.07) is -0.701. The molecule has 1 aliphatic heterocycles. The quantitative estimate of drug-likeness (QED) is 0.772. The largest absolute Gasteiger partial charge is 0.481 e. The van der Waals surface area contributed by atoms with Crippen LogP contribution in [0, 0.1) is 5.92 Å². The fourth-order valence-corrected chi connectivity index (χ4v) is 3.80. The van der Waals surface area contributed by atoms with Gasteiger partial charge in [0.1, 0.15) is 0 Å². The van der Waals surface area contributed by atoms with Crippen LogP contribution in [0.25, 0.3) is 0 Å². The van der Waals surface area contributed by atoms with Gasteiger partial charge in [-0.15, -0.1) is 0 Å². The highest BCUT2D eigenvalue weighted by Gasteiger charge is 2.37. The summed E-state index contributed by atoms with van der Waals surface area (Å²) in [4.78, 5) is 24.2. The molecule has 0 spiro atoms. The average Bonchev–Trinajstić information content (AvgIpc) is 2.98. The van der Waals surface area contributed by atoms with Gasteiger partial charge in [-0.25, -0.2) is 8.42 Å². The minimum atomic E-state index is -3.21. The van der Waals surface area contributed by atoms with Gasteiger partial charge in [0.25, 0.3) is 0 Å². The fourth-order valence-electron chi connectivity index (χ4n) is 2.27. The van der Waals surface area contributed by atoms with E-state index in [9.17, 15) is 18.0 Å². The summed E-state index contributed by atoms with van der Waals surface area (Å²) >= 11 is 0. The van der Waals surface area contributed by atoms with Crippen molar-refractivity contribution in [1.29, 1.82) is 0 Å². The molecule has 7 heteroatoms. The van der Waals surface area contributed by atoms with Crippen molar-refractivity contribution in [3.63, 3.8) is 0 Å². The number of aliphatic carboxylic acids is 1. The Morgan fingerprint density at radius 3 is 2.44 bits per heavy atom. The molecular formula is C11H17NO5S. The summed E-state index contributed by atoms with van der Waals surface area (Å²) in [5.74, 6) is -1.03. The molecule has 18 heavy (non-hydrogen) atoms. The summed E-state index contributed by atoms with van der Waals surface area (Å²) in [6.45, 7) is 0.131. The van der Waals surface area contributed by atoms with Gasteiger partial charge in [0.05, 0.1) is 24.0 Å². The summed E-state index contributed by atoms with van der Waals surface area (Å²) in [5.41, 5.74) is 0. The van der Waals surface area contributed by atoms with Crippen molar-refractivity contribution in [3.05, 3.63) is 0 Å². The lowest BCUT2D eigenvalue weighted by atomic mass is 10.1. The zero-order chi connectivity index (χ0) is 13.3. The van der Waals surface area contributed by atoms with Crippen molar-refractivity contribution in [2.24, 2.45) is 5.92 Å². The number of carboxylic acids is 1. The van der Waals surface area contributed by atoms with E-state index in [0.29, 0.717) is 12.3 Å². The number of sulfone groups is 1. The van der Waals surface area contributed by atoms with Crippen LogP contribution in [0.2, 0.25) is 0 Å². The lowest BCUT2D eigenvalue weighted by Gasteiger charge is -2.34. The van der Waals surface area contributed by atoms with Gasteiger partial charge in [-0.05, 0) is 18.8 Å². The second-order valence-corrected chi connectivity index (χ2v) is 7.33. The van der Waals surface area contributed by atoms with E-state index in [-0.39, 0.29) is 30.4 Å². The van der Waals surface area contributed by atoms with Gasteiger partial charge in [0.15, 0.2) is 9.84 Å². The first kappa shape index (κ1) is 13.3. The molecule has 2 aliphatic rings. The topological polar surface area (TPSA) is 91.8 Å². The zero-order valence-corrected chi connectivity index (χ0v) is 10.9. The van der Waals surface area contributed by atoms with Gasteiger partial charge >= 0.3 is 5.97 Å². The van der Waals surface area contributed by atoms with Crippen LogP contribution in [0.4, 0.5) is 0 Å². The zero-order valence-electron chi connectivity index (χ0n) is 10.0. The third kappa shape index (κ3) is 3.44. The number of hydrogen-bond donors (Lipinski definition) is 1. The average molecular weight is 275 g/mol. The van der Waals surface area contributed by atoms with Crippen LogP contribution in [0.3, 0.4) is 0 Å². The van der Waals surface area contributed by atoms with E-state index in [2.05, 4.69) is 0 Å². The molecule has 1 atom stereocenters. The molecule has 1 amide bonds. The van der Waals surface area contributed by atoms with Gasteiger partial charge in [0, 0.05) is 13.0 Å². The second-order valence-electron chi connectivity index (χ2n) is 5.10. The third-order valence-electron chi connectivity index (χ3n) is 3.42. The van der Waals surface area contributed by atoms with Crippen LogP contribution in [0.15, 0.2) is 0 Å². The van der Waals surface area contributed by atoms with Gasteiger partial charge in [-0.3, -0.25) is 9.59 Å². The van der Waals surface area contributed by atoms with E-state index in [1.807, 2.05) is 0 Å². The van der Waals surface area contributed by atoms with E-state index < -0.39 is 21.8 Å². The Morgan fingerprint density at radius 2 is 1.89 bits per heavy atom. The molecule has 1 unspecified atom stereocenters. The van der Waals surface area contributed by atoms with Crippen LogP contribution in [0.1, 0.15) is 25.7 Å². The lowest BCUT2D eigenvalue weighted by Crippen LogP contribution is -2.52. The first-order valence-electron chi connectivity index (χ1n) is 6.09. The van der Waals surface area contributed by atoms with Gasteiger partial charge in [-0.1, -0.05) is 0 Å². The molecule has 1 saturated carbocycles. The Hall–Kier alpha value is -1.11. The Balaban J connectivity index is 2.05. The van der Waals surface area contributed by atoms with E-state index in [4.69, 9.17) is 5.11 Å². The molecule has 0 bridgehead atoms. The first-order chi connectivity index (χ1) is 8.37. The van der Waals surface area contributed by atoms with Crippen molar-refractivity contribution in [2.75, 3.05) is 18.1 Å². The number of carbonyl (C=O) groups excluding carboxylic acids is 1. The Labute approximate surface area is 106 Å². The van der Waals surface area contributed by atoms with Crippen LogP contribution >= 0.6 is 0 Å². The van der Waals surface area contributed by atoms with Gasteiger partial charge < -0.3 is 10.0 Å². The van der Waals surface area contributed by atoms with Crippen LogP contribution in [-0.2, 0) is 19.4 Å². The highest BCUT2D eigenvalue weighted by atomic mass is 32.2. The van der Waals surface area contributed by atoms with E-state index in [1.165, 1.54) is 4.90 Å². The summed E-state index contributed by atoms with van der Waals surface area (Å²) in [7, 11) is -3.21. The van der Waals surface area contributed by atoms with Crippen LogP contribution in [0.5, 0.6) is 0 Å². The molecule has 0 aromatic heterocycles. The Morgan fingerprint density at radius 1 is 1.22 bits per heavy atom. The maximum atomic E-state index is 12.0. The monoisotopic (exact) mass is 275 g/mol. The molecule has 1 N–H and O–H groups in total. The van der Waals surface area contributed by atoms with E-state index in [0.717, 1.165) is 12.8 Å². The molecule has 2 rings (SSSR count). The maximum absolute atomic E-state index is 12.0. The molecule has 0 radical (unpaired) electrons. The van der Waals surface area contributed by atoms with Gasteiger partial charge in [-0.2, -0.15) is 0 Å². The predicted octanol–water partition coefficient (Wildman–Crippen LogP) is -0.113. The number of amides is 1. The molecule has 0 aromatic carbocycles. The van der Waals surface area contributed by atoms with Crippen molar-refractivity contribution < 1.29 is 23.1 Å². The molecule has 1 heterocycles. The number of nitrogens with zero attached hydrogens (tertiary/aromatic N) is 1. The minimum absolute atomic E-state index is 0.0560. The van der Waals surface area contributed by atoms with E-state index in [1.54, 1.807) is 0 Å². The van der Waals surface area contributed by atoms with Crippen LogP contribution < -0.4 is 0 Å². The smallest absolute Gasteiger partial charge is 0.305 e. The summed E-state index contributed by atoms with van der Waals surface area (Å²) < 4.78 is 23.0. The molecule has 6 nitrogen and oxygen atoms in total. The predicted molar refractivity (Wildman–Crippen MR) is 63.7 cm³/mol. The first-order valence-corrected chi connectivity index (χ1v) is 7.91. The van der Waals surface area contributed by atoms with Crippen molar-refractivity contribution in [1.82, 2.24) is 4.90 Å². The maximum Gasteiger partial charge on any atom is 0.305 e. The number of rotatable bonds is 4. The molecule has 1 saturated heterocycles. The van der Waals surface area contributed by atoms with Crippen molar-refractivity contribution >= 4 is 21.7 Å². The summed E-state index contributed by atoms with van der Waals surface area (Å²) in [5, 5.41) is 8.80. The van der Waals surface area contributed by atoms with E-state index >= 15 is 0 Å². The normalized spacial score (nSPS) is 26.9. The molecular weight excluding hydrogens is 258 g/mol. The SMILES string of the molecule is O=C(O)CC1CS(=O)(=O)CCN1C(=O)CC1CC1. The number of carboxylic acid groups (broad SMARTS) is 1. The third-order valence-corrected chi connectivity index (χ3v) is 5.12. The Bertz CT molecular complexity index is 454. The van der Waals surface area contributed by atoms with Crippen LogP contribution in [-0.4, -0.2) is 54.4 Å². The molecule has 2 fully saturated rings. The molecule has 0 aromatic rings. The minimum Gasteiger partial charge on any atom is -0.481 e. The second kappa shape index (κ2) is 4.87. The van der Waals surface area contributed by atoms with Crippen molar-refractivity contribution in [2.45, 2.75) is 31.7 Å². The summed E-state index contributed by atoms with van der Waals surface area (Å²) in [6.07, 6.45) is 2.22. The number of hydrogen-bond acceptors (Lipinski definition) is 4. The highest BCUT2D eigenvalue weighted by molar-refractivity contribution is 7.91. The highest BCUT2D eigenvalue weighted by Crippen LogP contribution is 2.33. The standard InChI is InChI=1S/C11H17NO5S/c13-10(5-8-1-2-8)12-3-4-18(16,17)7-9(12)6-11(14)15/h8-9H,1-7H2,(H,14,15).